The number of hydrogen-bond acceptors (Lipinski definition) is 3. The number of ether oxygens (including phenoxy) is 1. The predicted octanol–water partition coefficient (Wildman–Crippen LogP) is 1.91. The molecule has 0 aliphatic heterocycles. The van der Waals surface area contributed by atoms with Crippen molar-refractivity contribution in [3.8, 4) is 6.07 Å². The van der Waals surface area contributed by atoms with E-state index in [9.17, 15) is 4.79 Å². The fourth-order valence-electron chi connectivity index (χ4n) is 1.41. The highest BCUT2D eigenvalue weighted by molar-refractivity contribution is 5.72. The molecule has 0 saturated carbocycles. The average molecular weight is 203 g/mol. The van der Waals surface area contributed by atoms with Crippen molar-refractivity contribution in [2.24, 2.45) is 5.92 Å². The van der Waals surface area contributed by atoms with Gasteiger partial charge in [-0.2, -0.15) is 5.26 Å². The van der Waals surface area contributed by atoms with Crippen LogP contribution in [-0.2, 0) is 16.0 Å². The van der Waals surface area contributed by atoms with Crippen LogP contribution < -0.4 is 0 Å². The molecule has 0 radical (unpaired) electrons. The zero-order chi connectivity index (χ0) is 11.3. The maximum absolute atomic E-state index is 11.2. The van der Waals surface area contributed by atoms with Gasteiger partial charge in [0.05, 0.1) is 24.7 Å². The summed E-state index contributed by atoms with van der Waals surface area (Å²) < 4.78 is 4.64. The lowest BCUT2D eigenvalue weighted by Crippen LogP contribution is -2.15. The maximum Gasteiger partial charge on any atom is 0.308 e. The van der Waals surface area contributed by atoms with Gasteiger partial charge in [-0.3, -0.25) is 4.79 Å². The van der Waals surface area contributed by atoms with Gasteiger partial charge in [0.2, 0.25) is 0 Å². The van der Waals surface area contributed by atoms with Crippen molar-refractivity contribution >= 4 is 5.97 Å². The SMILES string of the molecule is COC(=O)C(C)Cc1cccc(C#N)c1. The molecule has 0 aromatic heterocycles. The molecule has 3 heteroatoms. The molecule has 0 spiro atoms. The topological polar surface area (TPSA) is 50.1 Å². The largest absolute Gasteiger partial charge is 0.469 e. The first-order valence-electron chi connectivity index (χ1n) is 4.74. The molecule has 1 atom stereocenters. The molecule has 0 heterocycles. The molecule has 78 valence electrons. The Hall–Kier alpha value is -1.82. The van der Waals surface area contributed by atoms with E-state index in [1.165, 1.54) is 7.11 Å². The van der Waals surface area contributed by atoms with E-state index in [1.807, 2.05) is 19.1 Å². The van der Waals surface area contributed by atoms with E-state index in [0.717, 1.165) is 5.56 Å². The molecule has 0 N–H and O–H groups in total. The van der Waals surface area contributed by atoms with Gasteiger partial charge in [-0.05, 0) is 24.1 Å². The Bertz CT molecular complexity index is 393. The normalized spacial score (nSPS) is 11.5. The molecule has 0 aliphatic rings. The Labute approximate surface area is 89.3 Å². The number of esters is 1. The zero-order valence-corrected chi connectivity index (χ0v) is 8.86. The second-order valence-corrected chi connectivity index (χ2v) is 3.44. The summed E-state index contributed by atoms with van der Waals surface area (Å²) in [5.41, 5.74) is 1.59. The van der Waals surface area contributed by atoms with Crippen molar-refractivity contribution in [2.75, 3.05) is 7.11 Å². The van der Waals surface area contributed by atoms with E-state index in [2.05, 4.69) is 10.8 Å². The zero-order valence-electron chi connectivity index (χ0n) is 8.86. The quantitative estimate of drug-likeness (QED) is 0.705. The summed E-state index contributed by atoms with van der Waals surface area (Å²) in [6.45, 7) is 1.81. The molecular weight excluding hydrogens is 190 g/mol. The molecule has 1 aromatic rings. The lowest BCUT2D eigenvalue weighted by molar-refractivity contribution is -0.144. The van der Waals surface area contributed by atoms with Gasteiger partial charge in [0, 0.05) is 0 Å². The summed E-state index contributed by atoms with van der Waals surface area (Å²) in [4.78, 5) is 11.2. The van der Waals surface area contributed by atoms with Crippen LogP contribution in [-0.4, -0.2) is 13.1 Å². The molecule has 0 aliphatic carbocycles. The molecular formula is C12H13NO2. The fraction of sp³-hybridized carbons (Fsp3) is 0.333. The van der Waals surface area contributed by atoms with Gasteiger partial charge in [0.1, 0.15) is 0 Å². The van der Waals surface area contributed by atoms with Crippen molar-refractivity contribution in [1.82, 2.24) is 0 Å². The van der Waals surface area contributed by atoms with Gasteiger partial charge in [-0.25, -0.2) is 0 Å². The number of benzene rings is 1. The number of nitriles is 1. The van der Waals surface area contributed by atoms with Crippen LogP contribution in [0.25, 0.3) is 0 Å². The van der Waals surface area contributed by atoms with Gasteiger partial charge >= 0.3 is 5.97 Å². The van der Waals surface area contributed by atoms with E-state index in [1.54, 1.807) is 12.1 Å². The van der Waals surface area contributed by atoms with Crippen LogP contribution >= 0.6 is 0 Å². The Morgan fingerprint density at radius 2 is 2.33 bits per heavy atom. The van der Waals surface area contributed by atoms with Gasteiger partial charge in [0.25, 0.3) is 0 Å². The fourth-order valence-corrected chi connectivity index (χ4v) is 1.41. The van der Waals surface area contributed by atoms with E-state index >= 15 is 0 Å². The summed E-state index contributed by atoms with van der Waals surface area (Å²) in [5, 5.41) is 8.71. The molecule has 1 rings (SSSR count). The number of carbonyl (C=O) groups excluding carboxylic acids is 1. The van der Waals surface area contributed by atoms with Gasteiger partial charge in [0.15, 0.2) is 0 Å². The predicted molar refractivity (Wildman–Crippen MR) is 56.0 cm³/mol. The minimum absolute atomic E-state index is 0.177. The minimum Gasteiger partial charge on any atom is -0.469 e. The first-order chi connectivity index (χ1) is 7.17. The maximum atomic E-state index is 11.2. The number of methoxy groups -OCH3 is 1. The second-order valence-electron chi connectivity index (χ2n) is 3.44. The Morgan fingerprint density at radius 3 is 2.93 bits per heavy atom. The summed E-state index contributed by atoms with van der Waals surface area (Å²) in [7, 11) is 1.38. The third-order valence-corrected chi connectivity index (χ3v) is 2.20. The molecule has 3 nitrogen and oxygen atoms in total. The molecule has 1 aromatic carbocycles. The van der Waals surface area contributed by atoms with Crippen LogP contribution in [0.3, 0.4) is 0 Å². The number of hydrogen-bond donors (Lipinski definition) is 0. The Kier molecular flexibility index (Phi) is 3.87. The second kappa shape index (κ2) is 5.16. The molecule has 1 unspecified atom stereocenters. The molecule has 0 amide bonds. The summed E-state index contributed by atoms with van der Waals surface area (Å²) in [6, 6.07) is 9.32. The van der Waals surface area contributed by atoms with Crippen LogP contribution in [0.15, 0.2) is 24.3 Å². The summed E-state index contributed by atoms with van der Waals surface area (Å²) >= 11 is 0. The Balaban J connectivity index is 2.73. The first kappa shape index (κ1) is 11.3. The minimum atomic E-state index is -0.225. The monoisotopic (exact) mass is 203 g/mol. The van der Waals surface area contributed by atoms with Crippen LogP contribution in [0, 0.1) is 17.2 Å². The number of rotatable bonds is 3. The molecule has 0 fully saturated rings. The number of nitrogens with zero attached hydrogens (tertiary/aromatic N) is 1. The lowest BCUT2D eigenvalue weighted by atomic mass is 10.00. The van der Waals surface area contributed by atoms with Crippen molar-refractivity contribution in [3.63, 3.8) is 0 Å². The van der Waals surface area contributed by atoms with E-state index in [0.29, 0.717) is 12.0 Å². The standard InChI is InChI=1S/C12H13NO2/c1-9(12(14)15-2)6-10-4-3-5-11(7-10)8-13/h3-5,7,9H,6H2,1-2H3. The van der Waals surface area contributed by atoms with Crippen LogP contribution in [0.5, 0.6) is 0 Å². The van der Waals surface area contributed by atoms with E-state index in [-0.39, 0.29) is 11.9 Å². The van der Waals surface area contributed by atoms with Crippen molar-refractivity contribution in [1.29, 1.82) is 5.26 Å². The first-order valence-corrected chi connectivity index (χ1v) is 4.74. The number of carbonyl (C=O) groups is 1. The summed E-state index contributed by atoms with van der Waals surface area (Å²) in [5.74, 6) is -0.402. The van der Waals surface area contributed by atoms with Crippen molar-refractivity contribution in [2.45, 2.75) is 13.3 Å². The highest BCUT2D eigenvalue weighted by atomic mass is 16.5. The van der Waals surface area contributed by atoms with Crippen LogP contribution in [0.1, 0.15) is 18.1 Å². The smallest absolute Gasteiger partial charge is 0.308 e. The molecule has 0 saturated heterocycles. The molecule has 15 heavy (non-hydrogen) atoms. The van der Waals surface area contributed by atoms with E-state index in [4.69, 9.17) is 5.26 Å². The van der Waals surface area contributed by atoms with Crippen LogP contribution in [0.4, 0.5) is 0 Å². The molecule has 0 bridgehead atoms. The third kappa shape index (κ3) is 3.10. The van der Waals surface area contributed by atoms with Crippen molar-refractivity contribution < 1.29 is 9.53 Å². The van der Waals surface area contributed by atoms with Gasteiger partial charge in [-0.15, -0.1) is 0 Å². The highest BCUT2D eigenvalue weighted by Crippen LogP contribution is 2.11. The third-order valence-electron chi connectivity index (χ3n) is 2.20. The lowest BCUT2D eigenvalue weighted by Gasteiger charge is -2.08. The van der Waals surface area contributed by atoms with Crippen molar-refractivity contribution in [3.05, 3.63) is 35.4 Å². The van der Waals surface area contributed by atoms with Gasteiger partial charge in [-0.1, -0.05) is 19.1 Å². The van der Waals surface area contributed by atoms with Crippen LogP contribution in [0.2, 0.25) is 0 Å². The Morgan fingerprint density at radius 1 is 1.60 bits per heavy atom. The van der Waals surface area contributed by atoms with E-state index < -0.39 is 0 Å². The summed E-state index contributed by atoms with van der Waals surface area (Å²) in [6.07, 6.45) is 0.599. The van der Waals surface area contributed by atoms with Gasteiger partial charge < -0.3 is 4.74 Å². The highest BCUT2D eigenvalue weighted by Gasteiger charge is 2.13. The average Bonchev–Trinajstić information content (AvgIpc) is 2.28.